The number of aryl methyl sites for hydroxylation is 1. The van der Waals surface area contributed by atoms with E-state index in [9.17, 15) is 0 Å². The molecule has 0 atom stereocenters. The highest BCUT2D eigenvalue weighted by molar-refractivity contribution is 5.86. The van der Waals surface area contributed by atoms with Crippen molar-refractivity contribution >= 4 is 23.5 Å². The summed E-state index contributed by atoms with van der Waals surface area (Å²) in [6.45, 7) is 8.14. The highest BCUT2D eigenvalue weighted by Gasteiger charge is 2.32. The smallest absolute Gasteiger partial charge is 0.217 e. The molecule has 0 aliphatic carbocycles. The van der Waals surface area contributed by atoms with Crippen molar-refractivity contribution in [3.63, 3.8) is 0 Å². The fourth-order valence-electron chi connectivity index (χ4n) is 5.73. The number of nitrogens with one attached hydrogen (secondary N) is 2. The van der Waals surface area contributed by atoms with Gasteiger partial charge in [-0.05, 0) is 50.0 Å². The second-order valence-electron chi connectivity index (χ2n) is 11.0. The van der Waals surface area contributed by atoms with Crippen LogP contribution in [0.15, 0.2) is 48.5 Å². The number of benzene rings is 1. The maximum absolute atomic E-state index is 8.03. The van der Waals surface area contributed by atoms with Crippen molar-refractivity contribution in [2.24, 2.45) is 0 Å². The minimum Gasteiger partial charge on any atom is -0.481 e. The fraction of sp³-hybridized carbons (Fsp3) is 0.452. The third-order valence-corrected chi connectivity index (χ3v) is 8.25. The topological polar surface area (TPSA) is 95.8 Å². The van der Waals surface area contributed by atoms with Gasteiger partial charge in [0.2, 0.25) is 5.88 Å². The summed E-state index contributed by atoms with van der Waals surface area (Å²) in [5, 5.41) is 11.5. The van der Waals surface area contributed by atoms with Crippen molar-refractivity contribution in [2.45, 2.75) is 44.4 Å². The molecule has 2 N–H and O–H groups in total. The summed E-state index contributed by atoms with van der Waals surface area (Å²) in [4.78, 5) is 14.5. The first-order chi connectivity index (χ1) is 19.6. The van der Waals surface area contributed by atoms with Gasteiger partial charge in [0.25, 0.3) is 0 Å². The lowest BCUT2D eigenvalue weighted by molar-refractivity contribution is -0.0713. The lowest BCUT2D eigenvalue weighted by atomic mass is 9.89. The van der Waals surface area contributed by atoms with E-state index < -0.39 is 0 Å². The van der Waals surface area contributed by atoms with E-state index in [2.05, 4.69) is 45.2 Å². The highest BCUT2D eigenvalue weighted by Crippen LogP contribution is 2.34. The van der Waals surface area contributed by atoms with E-state index in [0.29, 0.717) is 30.3 Å². The SMILES string of the molecule is COc1cc(Nc2nc(C3CCN(C4COC4)CC3)c(C)cc2C=N)cc(N2CC(OCc3ccccc3)C2)n1. The number of aromatic nitrogens is 2. The van der Waals surface area contributed by atoms with Gasteiger partial charge >= 0.3 is 0 Å². The largest absolute Gasteiger partial charge is 0.481 e. The summed E-state index contributed by atoms with van der Waals surface area (Å²) in [6.07, 6.45) is 3.71. The van der Waals surface area contributed by atoms with Crippen LogP contribution < -0.4 is 15.0 Å². The molecule has 9 heteroatoms. The molecule has 0 unspecified atom stereocenters. The first-order valence-corrected chi connectivity index (χ1v) is 14.2. The Kier molecular flexibility index (Phi) is 7.95. The van der Waals surface area contributed by atoms with Crippen LogP contribution in [0.3, 0.4) is 0 Å². The molecule has 3 aliphatic rings. The van der Waals surface area contributed by atoms with E-state index in [1.54, 1.807) is 7.11 Å². The molecule has 0 bridgehead atoms. The third-order valence-electron chi connectivity index (χ3n) is 8.25. The van der Waals surface area contributed by atoms with Crippen molar-refractivity contribution in [3.8, 4) is 5.88 Å². The molecule has 3 aliphatic heterocycles. The van der Waals surface area contributed by atoms with Crippen molar-refractivity contribution in [2.75, 3.05) is 56.7 Å². The van der Waals surface area contributed by atoms with Crippen LogP contribution in [0.1, 0.15) is 41.1 Å². The second kappa shape index (κ2) is 11.9. The molecule has 5 heterocycles. The molecule has 2 aromatic heterocycles. The maximum Gasteiger partial charge on any atom is 0.217 e. The summed E-state index contributed by atoms with van der Waals surface area (Å²) < 4.78 is 17.0. The lowest BCUT2D eigenvalue weighted by Crippen LogP contribution is -2.52. The molecular formula is C31H38N6O3. The number of rotatable bonds is 10. The quantitative estimate of drug-likeness (QED) is 0.361. The number of piperidine rings is 1. The minimum atomic E-state index is 0.165. The molecule has 3 fully saturated rings. The molecule has 3 aromatic rings. The fourth-order valence-corrected chi connectivity index (χ4v) is 5.73. The van der Waals surface area contributed by atoms with Crippen molar-refractivity contribution < 1.29 is 14.2 Å². The van der Waals surface area contributed by atoms with Crippen LogP contribution in [-0.2, 0) is 16.1 Å². The summed E-state index contributed by atoms with van der Waals surface area (Å²) >= 11 is 0. The molecule has 40 heavy (non-hydrogen) atoms. The van der Waals surface area contributed by atoms with Gasteiger partial charge in [-0.3, -0.25) is 4.90 Å². The first-order valence-electron chi connectivity index (χ1n) is 14.2. The van der Waals surface area contributed by atoms with Crippen LogP contribution >= 0.6 is 0 Å². The van der Waals surface area contributed by atoms with Gasteiger partial charge in [-0.25, -0.2) is 4.98 Å². The number of anilines is 3. The Hall–Kier alpha value is -3.53. The third kappa shape index (κ3) is 5.82. The Balaban J connectivity index is 1.14. The Morgan fingerprint density at radius 2 is 1.85 bits per heavy atom. The van der Waals surface area contributed by atoms with Crippen LogP contribution in [0, 0.1) is 12.3 Å². The first kappa shape index (κ1) is 26.7. The molecular weight excluding hydrogens is 504 g/mol. The van der Waals surface area contributed by atoms with Crippen LogP contribution in [0.4, 0.5) is 17.3 Å². The molecule has 3 saturated heterocycles. The molecule has 9 nitrogen and oxygen atoms in total. The molecule has 0 amide bonds. The van der Waals surface area contributed by atoms with E-state index in [1.807, 2.05) is 30.3 Å². The highest BCUT2D eigenvalue weighted by atomic mass is 16.5. The summed E-state index contributed by atoms with van der Waals surface area (Å²) in [7, 11) is 1.63. The predicted octanol–water partition coefficient (Wildman–Crippen LogP) is 4.52. The molecule has 1 aromatic carbocycles. The van der Waals surface area contributed by atoms with Gasteiger partial charge in [-0.15, -0.1) is 0 Å². The molecule has 210 valence electrons. The van der Waals surface area contributed by atoms with E-state index in [1.165, 1.54) is 11.8 Å². The molecule has 0 radical (unpaired) electrons. The molecule has 6 rings (SSSR count). The number of pyridine rings is 2. The van der Waals surface area contributed by atoms with Crippen LogP contribution in [0.2, 0.25) is 0 Å². The lowest BCUT2D eigenvalue weighted by Gasteiger charge is -2.41. The van der Waals surface area contributed by atoms with Gasteiger partial charge in [0.1, 0.15) is 11.6 Å². The van der Waals surface area contributed by atoms with E-state index in [4.69, 9.17) is 24.6 Å². The minimum absolute atomic E-state index is 0.165. The Bertz CT molecular complexity index is 1320. The number of likely N-dealkylation sites (tertiary alicyclic amines) is 1. The van der Waals surface area contributed by atoms with Gasteiger partial charge in [-0.2, -0.15) is 4.98 Å². The standard InChI is InChI=1S/C31H38N6O3/c1-21-12-24(15-32)31(35-30(21)23-8-10-36(11-9-23)26-19-39-20-26)33-25-13-28(34-29(14-25)38-2)37-16-27(17-37)40-18-22-6-4-3-5-7-22/h3-7,12-15,23,26-27,32H,8-11,16-20H2,1-2H3,(H,33,34,35). The zero-order chi connectivity index (χ0) is 27.5. The summed E-state index contributed by atoms with van der Waals surface area (Å²) in [5.74, 6) is 2.47. The second-order valence-corrected chi connectivity index (χ2v) is 11.0. The summed E-state index contributed by atoms with van der Waals surface area (Å²) in [6, 6.07) is 16.8. The van der Waals surface area contributed by atoms with Crippen LogP contribution in [0.5, 0.6) is 5.88 Å². The monoisotopic (exact) mass is 542 g/mol. The molecule has 0 spiro atoms. The van der Waals surface area contributed by atoms with Crippen molar-refractivity contribution in [3.05, 3.63) is 70.9 Å². The Morgan fingerprint density at radius 3 is 2.52 bits per heavy atom. The van der Waals surface area contributed by atoms with Gasteiger partial charge in [0.05, 0.1) is 39.1 Å². The number of hydrogen-bond donors (Lipinski definition) is 2. The van der Waals surface area contributed by atoms with Crippen LogP contribution in [0.25, 0.3) is 0 Å². The number of hydrogen-bond acceptors (Lipinski definition) is 9. The summed E-state index contributed by atoms with van der Waals surface area (Å²) in [5.41, 5.74) is 5.05. The van der Waals surface area contributed by atoms with E-state index >= 15 is 0 Å². The predicted molar refractivity (Wildman–Crippen MR) is 156 cm³/mol. The van der Waals surface area contributed by atoms with Crippen molar-refractivity contribution in [1.29, 1.82) is 5.41 Å². The average molecular weight is 543 g/mol. The van der Waals surface area contributed by atoms with Gasteiger partial charge < -0.3 is 29.8 Å². The normalized spacial score (nSPS) is 18.7. The van der Waals surface area contributed by atoms with E-state index in [0.717, 1.165) is 80.6 Å². The van der Waals surface area contributed by atoms with E-state index in [-0.39, 0.29) is 6.10 Å². The van der Waals surface area contributed by atoms with Crippen LogP contribution in [-0.4, -0.2) is 79.7 Å². The maximum atomic E-state index is 8.03. The van der Waals surface area contributed by atoms with Gasteiger partial charge in [-0.1, -0.05) is 30.3 Å². The van der Waals surface area contributed by atoms with Crippen molar-refractivity contribution in [1.82, 2.24) is 14.9 Å². The van der Waals surface area contributed by atoms with Gasteiger partial charge in [0, 0.05) is 54.3 Å². The Morgan fingerprint density at radius 1 is 1.07 bits per heavy atom. The Labute approximate surface area is 236 Å². The zero-order valence-corrected chi connectivity index (χ0v) is 23.3. The van der Waals surface area contributed by atoms with Gasteiger partial charge in [0.15, 0.2) is 0 Å². The number of ether oxygens (including phenoxy) is 3. The average Bonchev–Trinajstić information content (AvgIpc) is 2.93. The number of methoxy groups -OCH3 is 1. The molecule has 0 saturated carbocycles. The zero-order valence-electron chi connectivity index (χ0n) is 23.3. The number of nitrogens with zero attached hydrogens (tertiary/aromatic N) is 4.